The third-order valence-corrected chi connectivity index (χ3v) is 14.7. The topological polar surface area (TPSA) is 0 Å². The van der Waals surface area contributed by atoms with Gasteiger partial charge in [0.05, 0.1) is 9.75 Å². The lowest BCUT2D eigenvalue weighted by molar-refractivity contribution is -0.254. The SMILES string of the molecule is Cc1csc(-c2cc(C3=C(c4cc(-c5cc(C)cs5)sc4-c4cc(C)cs4)C(F)(F)C(F)(F)C3(F)F)c(-c3cc(C)cs3)s2)c1. The van der Waals surface area contributed by atoms with Crippen LogP contribution < -0.4 is 0 Å². The van der Waals surface area contributed by atoms with E-state index in [9.17, 15) is 0 Å². The van der Waals surface area contributed by atoms with Crippen molar-refractivity contribution in [3.8, 4) is 39.0 Å². The van der Waals surface area contributed by atoms with Crippen LogP contribution in [-0.2, 0) is 0 Å². The highest BCUT2D eigenvalue weighted by molar-refractivity contribution is 7.27. The minimum Gasteiger partial charge on any atom is -0.194 e. The maximum atomic E-state index is 16.2. The van der Waals surface area contributed by atoms with Gasteiger partial charge in [0, 0.05) is 51.5 Å². The zero-order valence-corrected chi connectivity index (χ0v) is 28.9. The summed E-state index contributed by atoms with van der Waals surface area (Å²) in [7, 11) is 0. The lowest BCUT2D eigenvalue weighted by atomic mass is 9.94. The Hall–Kier alpha value is -2.48. The van der Waals surface area contributed by atoms with Crippen LogP contribution in [0.2, 0.25) is 0 Å². The average Bonchev–Trinajstić information content (AvgIpc) is 3.79. The van der Waals surface area contributed by atoms with Gasteiger partial charge in [0.1, 0.15) is 0 Å². The number of hydrogen-bond donors (Lipinski definition) is 0. The molecule has 12 heteroatoms. The van der Waals surface area contributed by atoms with E-state index in [1.165, 1.54) is 57.5 Å². The molecular weight excluding hydrogens is 703 g/mol. The molecular formula is C33H22F6S6. The first kappa shape index (κ1) is 31.1. The zero-order valence-electron chi connectivity index (χ0n) is 24.0. The summed E-state index contributed by atoms with van der Waals surface area (Å²) in [5, 5.41) is 7.44. The molecule has 0 saturated carbocycles. The summed E-state index contributed by atoms with van der Waals surface area (Å²) in [5.41, 5.74) is 0.429. The molecule has 7 rings (SSSR count). The predicted molar refractivity (Wildman–Crippen MR) is 182 cm³/mol. The highest BCUT2D eigenvalue weighted by atomic mass is 32.1. The molecule has 6 heterocycles. The van der Waals surface area contributed by atoms with Gasteiger partial charge >= 0.3 is 17.8 Å². The number of thiophene rings is 6. The van der Waals surface area contributed by atoms with Crippen LogP contribution in [0.5, 0.6) is 0 Å². The Bertz CT molecular complexity index is 1960. The Morgan fingerprint density at radius 2 is 0.733 bits per heavy atom. The molecule has 1 aliphatic rings. The Morgan fingerprint density at radius 1 is 0.422 bits per heavy atom. The molecule has 0 nitrogen and oxygen atoms in total. The maximum absolute atomic E-state index is 16.2. The van der Waals surface area contributed by atoms with Crippen molar-refractivity contribution in [2.75, 3.05) is 0 Å². The zero-order chi connectivity index (χ0) is 32.1. The minimum absolute atomic E-state index is 0.271. The molecule has 45 heavy (non-hydrogen) atoms. The second-order valence-electron chi connectivity index (χ2n) is 11.1. The lowest BCUT2D eigenvalue weighted by Crippen LogP contribution is -2.48. The molecule has 0 unspecified atom stereocenters. The van der Waals surface area contributed by atoms with E-state index in [1.807, 2.05) is 61.3 Å². The lowest BCUT2D eigenvalue weighted by Gasteiger charge is -2.25. The van der Waals surface area contributed by atoms with Crippen LogP contribution in [0.25, 0.3) is 50.2 Å². The van der Waals surface area contributed by atoms with Gasteiger partial charge in [-0.15, -0.1) is 68.0 Å². The summed E-state index contributed by atoms with van der Waals surface area (Å²) in [4.78, 5) is 4.27. The summed E-state index contributed by atoms with van der Waals surface area (Å²) >= 11 is 7.63. The molecule has 0 bridgehead atoms. The molecule has 0 amide bonds. The van der Waals surface area contributed by atoms with Crippen molar-refractivity contribution in [3.05, 3.63) is 91.3 Å². The van der Waals surface area contributed by atoms with E-state index in [2.05, 4.69) is 0 Å². The molecule has 0 N–H and O–H groups in total. The molecule has 1 aliphatic carbocycles. The van der Waals surface area contributed by atoms with Crippen LogP contribution >= 0.6 is 68.0 Å². The van der Waals surface area contributed by atoms with E-state index in [0.717, 1.165) is 54.7 Å². The Labute approximate surface area is 279 Å². The molecule has 0 fully saturated rings. The predicted octanol–water partition coefficient (Wildman–Crippen LogP) is 13.8. The molecule has 0 spiro atoms. The summed E-state index contributed by atoms with van der Waals surface area (Å²) in [6.07, 6.45) is 0. The van der Waals surface area contributed by atoms with Crippen molar-refractivity contribution >= 4 is 79.2 Å². The molecule has 0 atom stereocenters. The number of alkyl halides is 6. The van der Waals surface area contributed by atoms with Crippen molar-refractivity contribution in [2.24, 2.45) is 0 Å². The summed E-state index contributed by atoms with van der Waals surface area (Å²) < 4.78 is 96.1. The van der Waals surface area contributed by atoms with Crippen molar-refractivity contribution in [2.45, 2.75) is 45.5 Å². The van der Waals surface area contributed by atoms with Gasteiger partial charge in [-0.2, -0.15) is 26.3 Å². The van der Waals surface area contributed by atoms with E-state index in [4.69, 9.17) is 0 Å². The average molecular weight is 725 g/mol. The molecule has 232 valence electrons. The van der Waals surface area contributed by atoms with Crippen LogP contribution in [0, 0.1) is 27.7 Å². The van der Waals surface area contributed by atoms with Gasteiger partial charge in [0.25, 0.3) is 0 Å². The standard InChI is InChI=1S/C33H22F6S6/c1-15-5-21(40-11-15)23-9-19(29(44-23)25-7-17(3)13-42-25)27-28(32(36,37)33(38,39)31(27,34)35)20-10-24(22-6-16(2)12-41-22)45-30(20)26-8-18(4)14-43-26/h5-14H,1-4H3. The Morgan fingerprint density at radius 3 is 1.02 bits per heavy atom. The fourth-order valence-corrected chi connectivity index (χ4v) is 11.8. The Balaban J connectivity index is 1.58. The van der Waals surface area contributed by atoms with Crippen molar-refractivity contribution in [1.82, 2.24) is 0 Å². The van der Waals surface area contributed by atoms with Crippen LogP contribution in [0.15, 0.2) is 57.9 Å². The molecule has 0 saturated heterocycles. The summed E-state index contributed by atoms with van der Waals surface area (Å²) in [6, 6.07) is 10.1. The molecule has 0 radical (unpaired) electrons. The van der Waals surface area contributed by atoms with E-state index in [1.54, 1.807) is 12.1 Å². The van der Waals surface area contributed by atoms with E-state index >= 15 is 26.3 Å². The summed E-state index contributed by atoms with van der Waals surface area (Å²) in [6.45, 7) is 7.45. The fraction of sp³-hybridized carbons (Fsp3) is 0.212. The van der Waals surface area contributed by atoms with Gasteiger partial charge in [-0.1, -0.05) is 0 Å². The molecule has 6 aromatic heterocycles. The van der Waals surface area contributed by atoms with Crippen molar-refractivity contribution in [1.29, 1.82) is 0 Å². The monoisotopic (exact) mass is 724 g/mol. The van der Waals surface area contributed by atoms with Gasteiger partial charge < -0.3 is 0 Å². The Kier molecular flexibility index (Phi) is 7.46. The van der Waals surface area contributed by atoms with Gasteiger partial charge in [0.2, 0.25) is 0 Å². The number of aryl methyl sites for hydroxylation is 4. The van der Waals surface area contributed by atoms with Crippen molar-refractivity contribution in [3.63, 3.8) is 0 Å². The first-order chi connectivity index (χ1) is 21.2. The molecule has 0 aliphatic heterocycles. The van der Waals surface area contributed by atoms with E-state index in [0.29, 0.717) is 19.5 Å². The normalized spacial score (nSPS) is 17.1. The first-order valence-corrected chi connectivity index (χ1v) is 18.7. The highest BCUT2D eigenvalue weighted by Crippen LogP contribution is 2.67. The highest BCUT2D eigenvalue weighted by Gasteiger charge is 2.80. The number of rotatable bonds is 6. The number of allylic oxidation sites excluding steroid dienone is 2. The van der Waals surface area contributed by atoms with Gasteiger partial charge in [0.15, 0.2) is 0 Å². The van der Waals surface area contributed by atoms with E-state index < -0.39 is 28.9 Å². The fourth-order valence-electron chi connectivity index (χ4n) is 5.42. The van der Waals surface area contributed by atoms with Gasteiger partial charge in [-0.3, -0.25) is 0 Å². The van der Waals surface area contributed by atoms with Gasteiger partial charge in [-0.25, -0.2) is 0 Å². The van der Waals surface area contributed by atoms with E-state index in [-0.39, 0.29) is 20.9 Å². The quantitative estimate of drug-likeness (QED) is 0.150. The largest absolute Gasteiger partial charge is 0.380 e. The molecule has 0 aromatic carbocycles. The number of hydrogen-bond acceptors (Lipinski definition) is 6. The number of halogens is 6. The van der Waals surface area contributed by atoms with Crippen LogP contribution in [0.3, 0.4) is 0 Å². The minimum atomic E-state index is -5.65. The third-order valence-electron chi connectivity index (χ3n) is 7.52. The van der Waals surface area contributed by atoms with Gasteiger partial charge in [-0.05, 0) is 108 Å². The third kappa shape index (κ3) is 4.86. The summed E-state index contributed by atoms with van der Waals surface area (Å²) in [5.74, 6) is -16.0. The van der Waals surface area contributed by atoms with Crippen molar-refractivity contribution < 1.29 is 26.3 Å². The second kappa shape index (κ2) is 10.8. The smallest absolute Gasteiger partial charge is 0.194 e. The van der Waals surface area contributed by atoms with Crippen LogP contribution in [0.1, 0.15) is 33.4 Å². The maximum Gasteiger partial charge on any atom is 0.380 e. The van der Waals surface area contributed by atoms with Crippen LogP contribution in [-0.4, -0.2) is 17.8 Å². The second-order valence-corrected chi connectivity index (χ2v) is 16.9. The molecule has 6 aromatic rings. The first-order valence-electron chi connectivity index (χ1n) is 13.6. The van der Waals surface area contributed by atoms with Crippen LogP contribution in [0.4, 0.5) is 26.3 Å².